The van der Waals surface area contributed by atoms with E-state index in [0.717, 1.165) is 22.4 Å². The molecule has 0 bridgehead atoms. The first-order chi connectivity index (χ1) is 13.2. The lowest BCUT2D eigenvalue weighted by molar-refractivity contribution is -0.119. The van der Waals surface area contributed by atoms with Crippen molar-refractivity contribution in [2.24, 2.45) is 4.99 Å². The molecule has 0 saturated heterocycles. The van der Waals surface area contributed by atoms with Crippen LogP contribution in [-0.4, -0.2) is 48.7 Å². The standard InChI is InChI=1S/C21H24N2O4/c1-26-14-17(15-5-3-2-4-6-15)10-19(25)11-18-9-16-12-23-21(27-8-7-24)20(16)13-22-18/h2-6,9,13,17,24H,7-8,10-12,14H2,1H3/t17-/m1/s1. The predicted octanol–water partition coefficient (Wildman–Crippen LogP) is 2.28. The lowest BCUT2D eigenvalue weighted by Crippen LogP contribution is -2.15. The fourth-order valence-electron chi connectivity index (χ4n) is 3.22. The van der Waals surface area contributed by atoms with Crippen LogP contribution in [0.1, 0.15) is 34.7 Å². The number of rotatable bonds is 9. The molecule has 3 rings (SSSR count). The van der Waals surface area contributed by atoms with E-state index in [2.05, 4.69) is 9.98 Å². The molecule has 1 atom stereocenters. The van der Waals surface area contributed by atoms with Crippen LogP contribution in [0.25, 0.3) is 0 Å². The number of aromatic nitrogens is 1. The average Bonchev–Trinajstić information content (AvgIpc) is 3.09. The van der Waals surface area contributed by atoms with Crippen molar-refractivity contribution in [3.05, 3.63) is 65.0 Å². The van der Waals surface area contributed by atoms with Crippen molar-refractivity contribution in [3.8, 4) is 0 Å². The van der Waals surface area contributed by atoms with Crippen LogP contribution in [0.3, 0.4) is 0 Å². The molecule has 6 nitrogen and oxygen atoms in total. The molecule has 142 valence electrons. The van der Waals surface area contributed by atoms with Crippen LogP contribution in [0.4, 0.5) is 0 Å². The number of Topliss-reactive ketones (excluding diaryl/α,β-unsaturated/α-hetero) is 1. The minimum Gasteiger partial charge on any atom is -0.475 e. The monoisotopic (exact) mass is 368 g/mol. The Hall–Kier alpha value is -2.57. The summed E-state index contributed by atoms with van der Waals surface area (Å²) in [5.74, 6) is 0.678. The van der Waals surface area contributed by atoms with Gasteiger partial charge in [0, 0.05) is 37.8 Å². The Kier molecular flexibility index (Phi) is 6.68. The fraction of sp³-hybridized carbons (Fsp3) is 0.381. The third-order valence-electron chi connectivity index (χ3n) is 4.49. The van der Waals surface area contributed by atoms with Gasteiger partial charge in [-0.15, -0.1) is 0 Å². The number of methoxy groups -OCH3 is 1. The molecule has 2 heterocycles. The molecule has 27 heavy (non-hydrogen) atoms. The second kappa shape index (κ2) is 9.39. The summed E-state index contributed by atoms with van der Waals surface area (Å²) >= 11 is 0. The van der Waals surface area contributed by atoms with Gasteiger partial charge in [-0.1, -0.05) is 30.3 Å². The van der Waals surface area contributed by atoms with Gasteiger partial charge in [-0.05, 0) is 17.2 Å². The van der Waals surface area contributed by atoms with Crippen LogP contribution in [0, 0.1) is 0 Å². The summed E-state index contributed by atoms with van der Waals surface area (Å²) in [6, 6.07) is 11.9. The molecule has 0 aliphatic carbocycles. The van der Waals surface area contributed by atoms with Crippen molar-refractivity contribution < 1.29 is 19.4 Å². The number of carbonyl (C=O) groups is 1. The number of fused-ring (bicyclic) bond motifs is 1. The lowest BCUT2D eigenvalue weighted by atomic mass is 9.93. The van der Waals surface area contributed by atoms with Crippen LogP contribution >= 0.6 is 0 Å². The number of hydrogen-bond donors (Lipinski definition) is 1. The Morgan fingerprint density at radius 3 is 2.85 bits per heavy atom. The largest absolute Gasteiger partial charge is 0.475 e. The Morgan fingerprint density at radius 1 is 1.30 bits per heavy atom. The summed E-state index contributed by atoms with van der Waals surface area (Å²) in [5, 5.41) is 8.87. The van der Waals surface area contributed by atoms with Gasteiger partial charge >= 0.3 is 0 Å². The number of carbonyl (C=O) groups excluding carboxylic acids is 1. The average molecular weight is 368 g/mol. The highest BCUT2D eigenvalue weighted by Crippen LogP contribution is 2.23. The number of aliphatic hydroxyl groups is 1. The zero-order valence-corrected chi connectivity index (χ0v) is 15.4. The number of pyridine rings is 1. The van der Waals surface area contributed by atoms with Gasteiger partial charge in [0.2, 0.25) is 5.90 Å². The van der Waals surface area contributed by atoms with Crippen LogP contribution in [-0.2, 0) is 27.2 Å². The Morgan fingerprint density at radius 2 is 2.11 bits per heavy atom. The zero-order valence-electron chi connectivity index (χ0n) is 15.4. The summed E-state index contributed by atoms with van der Waals surface area (Å²) < 4.78 is 10.7. The second-order valence-corrected chi connectivity index (χ2v) is 6.51. The van der Waals surface area contributed by atoms with E-state index in [0.29, 0.717) is 25.5 Å². The molecule has 0 spiro atoms. The van der Waals surface area contributed by atoms with E-state index in [1.54, 1.807) is 13.3 Å². The molecule has 1 N–H and O–H groups in total. The Balaban J connectivity index is 1.63. The van der Waals surface area contributed by atoms with E-state index >= 15 is 0 Å². The van der Waals surface area contributed by atoms with Gasteiger partial charge in [0.15, 0.2) is 0 Å². The molecule has 0 saturated carbocycles. The summed E-state index contributed by atoms with van der Waals surface area (Å²) in [5.41, 5.74) is 3.67. The maximum Gasteiger partial charge on any atom is 0.218 e. The van der Waals surface area contributed by atoms with Gasteiger partial charge in [-0.2, -0.15) is 0 Å². The summed E-state index contributed by atoms with van der Waals surface area (Å²) in [6.07, 6.45) is 2.40. The Bertz CT molecular complexity index is 805. The minimum atomic E-state index is -0.0571. The van der Waals surface area contributed by atoms with Crippen LogP contribution in [0.15, 0.2) is 47.6 Å². The van der Waals surface area contributed by atoms with Crippen molar-refractivity contribution in [1.29, 1.82) is 0 Å². The maximum atomic E-state index is 12.6. The zero-order chi connectivity index (χ0) is 19.1. The number of aliphatic imine (C=N–C) groups is 1. The van der Waals surface area contributed by atoms with E-state index in [4.69, 9.17) is 14.6 Å². The van der Waals surface area contributed by atoms with Gasteiger partial charge < -0.3 is 14.6 Å². The first-order valence-corrected chi connectivity index (χ1v) is 9.03. The molecule has 0 amide bonds. The summed E-state index contributed by atoms with van der Waals surface area (Å²) in [7, 11) is 1.65. The van der Waals surface area contributed by atoms with E-state index in [-0.39, 0.29) is 31.3 Å². The van der Waals surface area contributed by atoms with Gasteiger partial charge in [0.1, 0.15) is 12.4 Å². The lowest BCUT2D eigenvalue weighted by Gasteiger charge is -2.15. The SMILES string of the molecule is COC[C@@H](CC(=O)Cc1cc2c(cn1)C(OCCO)=NC2)c1ccccc1. The molecular weight excluding hydrogens is 344 g/mol. The van der Waals surface area contributed by atoms with E-state index < -0.39 is 0 Å². The Labute approximate surface area is 158 Å². The third-order valence-corrected chi connectivity index (χ3v) is 4.49. The quantitative estimate of drug-likeness (QED) is 0.734. The van der Waals surface area contributed by atoms with Crippen LogP contribution in [0.2, 0.25) is 0 Å². The van der Waals surface area contributed by atoms with Gasteiger partial charge in [-0.25, -0.2) is 4.99 Å². The van der Waals surface area contributed by atoms with Crippen molar-refractivity contribution in [2.45, 2.75) is 25.3 Å². The number of aliphatic hydroxyl groups excluding tert-OH is 1. The van der Waals surface area contributed by atoms with Crippen LogP contribution in [0.5, 0.6) is 0 Å². The van der Waals surface area contributed by atoms with Gasteiger partial charge in [0.25, 0.3) is 0 Å². The number of hydrogen-bond acceptors (Lipinski definition) is 6. The highest BCUT2D eigenvalue weighted by molar-refractivity contribution is 5.97. The summed E-state index contributed by atoms with van der Waals surface area (Å²) in [4.78, 5) is 21.3. The van der Waals surface area contributed by atoms with Crippen molar-refractivity contribution in [2.75, 3.05) is 26.9 Å². The highest BCUT2D eigenvalue weighted by atomic mass is 16.5. The van der Waals surface area contributed by atoms with E-state index in [1.807, 2.05) is 36.4 Å². The van der Waals surface area contributed by atoms with Crippen molar-refractivity contribution >= 4 is 11.7 Å². The minimum absolute atomic E-state index is 0.0416. The molecule has 2 aromatic rings. The number of nitrogens with zero attached hydrogens (tertiary/aromatic N) is 2. The fourth-order valence-corrected chi connectivity index (χ4v) is 3.22. The van der Waals surface area contributed by atoms with Crippen molar-refractivity contribution in [1.82, 2.24) is 4.98 Å². The topological polar surface area (TPSA) is 81.0 Å². The van der Waals surface area contributed by atoms with Gasteiger partial charge in [-0.3, -0.25) is 9.78 Å². The molecule has 1 aromatic carbocycles. The first-order valence-electron chi connectivity index (χ1n) is 9.03. The van der Waals surface area contributed by atoms with Gasteiger partial charge in [0.05, 0.1) is 25.3 Å². The molecular formula is C21H24N2O4. The molecule has 1 aliphatic rings. The molecule has 0 fully saturated rings. The first kappa shape index (κ1) is 19.2. The predicted molar refractivity (Wildman–Crippen MR) is 102 cm³/mol. The number of ketones is 1. The molecule has 1 aliphatic heterocycles. The normalized spacial score (nSPS) is 13.8. The van der Waals surface area contributed by atoms with E-state index in [1.165, 1.54) is 0 Å². The number of benzene rings is 1. The maximum absolute atomic E-state index is 12.6. The van der Waals surface area contributed by atoms with Crippen LogP contribution < -0.4 is 0 Å². The molecule has 6 heteroatoms. The molecule has 0 unspecified atom stereocenters. The third kappa shape index (κ3) is 4.99. The number of ether oxygens (including phenoxy) is 2. The molecule has 0 radical (unpaired) electrons. The summed E-state index contributed by atoms with van der Waals surface area (Å²) in [6.45, 7) is 1.17. The smallest absolute Gasteiger partial charge is 0.218 e. The highest BCUT2D eigenvalue weighted by Gasteiger charge is 2.20. The van der Waals surface area contributed by atoms with E-state index in [9.17, 15) is 4.79 Å². The van der Waals surface area contributed by atoms with Crippen molar-refractivity contribution in [3.63, 3.8) is 0 Å². The molecule has 1 aromatic heterocycles. The second-order valence-electron chi connectivity index (χ2n) is 6.51.